The molecular formula is C31H27NO4. The van der Waals surface area contributed by atoms with E-state index in [4.69, 9.17) is 9.47 Å². The number of carbonyl (C=O) groups excluding carboxylic acids is 2. The lowest BCUT2D eigenvalue weighted by Gasteiger charge is -2.22. The molecule has 1 aliphatic heterocycles. The van der Waals surface area contributed by atoms with Crippen molar-refractivity contribution >= 4 is 17.4 Å². The molecule has 36 heavy (non-hydrogen) atoms. The fourth-order valence-electron chi connectivity index (χ4n) is 6.10. The second kappa shape index (κ2) is 8.83. The molecule has 0 radical (unpaired) electrons. The molecule has 2 aliphatic carbocycles. The highest BCUT2D eigenvalue weighted by Gasteiger charge is 2.62. The summed E-state index contributed by atoms with van der Waals surface area (Å²) in [5, 5.41) is 0. The molecule has 3 aromatic carbocycles. The van der Waals surface area contributed by atoms with Crippen LogP contribution in [-0.2, 0) is 16.1 Å². The lowest BCUT2D eigenvalue weighted by Crippen LogP contribution is -2.32. The van der Waals surface area contributed by atoms with Crippen molar-refractivity contribution in [2.45, 2.75) is 6.54 Å². The number of amides is 2. The van der Waals surface area contributed by atoms with Crippen molar-refractivity contribution in [3.63, 3.8) is 0 Å². The molecule has 2 fully saturated rings. The summed E-state index contributed by atoms with van der Waals surface area (Å²) in [6.45, 7) is 0.327. The van der Waals surface area contributed by atoms with Gasteiger partial charge in [0.1, 0.15) is 11.5 Å². The summed E-state index contributed by atoms with van der Waals surface area (Å²) < 4.78 is 10.7. The number of carbonyl (C=O) groups is 2. The summed E-state index contributed by atoms with van der Waals surface area (Å²) in [6, 6.07) is 25.7. The van der Waals surface area contributed by atoms with Gasteiger partial charge in [0.2, 0.25) is 11.8 Å². The van der Waals surface area contributed by atoms with Crippen LogP contribution in [0.4, 0.5) is 0 Å². The fraction of sp³-hybridized carbons (Fsp3) is 0.226. The van der Waals surface area contributed by atoms with Gasteiger partial charge in [0, 0.05) is 11.8 Å². The van der Waals surface area contributed by atoms with Crippen LogP contribution in [0.15, 0.2) is 96.6 Å². The molecule has 1 saturated carbocycles. The van der Waals surface area contributed by atoms with Crippen LogP contribution in [0, 0.1) is 23.7 Å². The Hall–Kier alpha value is -4.12. The van der Waals surface area contributed by atoms with Crippen molar-refractivity contribution in [3.05, 3.63) is 113 Å². The quantitative estimate of drug-likeness (QED) is 0.365. The van der Waals surface area contributed by atoms with E-state index in [1.165, 1.54) is 4.90 Å². The van der Waals surface area contributed by atoms with Gasteiger partial charge in [0.05, 0.1) is 32.6 Å². The Morgan fingerprint density at radius 2 is 1.17 bits per heavy atom. The van der Waals surface area contributed by atoms with Gasteiger partial charge in [0.15, 0.2) is 0 Å². The van der Waals surface area contributed by atoms with E-state index in [9.17, 15) is 9.59 Å². The standard InChI is InChI=1S/C31H27NO4/c1-35-22-12-8-20(9-13-22)26(21-10-14-23(36-2)15-11-21)27-24-16-17-25(27)29-28(24)30(33)32(31(29)34)18-19-6-4-3-5-7-19/h3-17,24-25,28-29H,18H2,1-2H3/t24-,25+,28-,29-/m1/s1. The Balaban J connectivity index is 1.43. The van der Waals surface area contributed by atoms with E-state index in [0.717, 1.165) is 39.3 Å². The van der Waals surface area contributed by atoms with Gasteiger partial charge in [-0.05, 0) is 52.1 Å². The Morgan fingerprint density at radius 1 is 0.694 bits per heavy atom. The first-order valence-corrected chi connectivity index (χ1v) is 12.2. The Morgan fingerprint density at radius 3 is 1.61 bits per heavy atom. The zero-order valence-corrected chi connectivity index (χ0v) is 20.3. The molecule has 5 heteroatoms. The number of nitrogens with zero attached hydrogens (tertiary/aromatic N) is 1. The monoisotopic (exact) mass is 477 g/mol. The Bertz CT molecular complexity index is 1290. The molecule has 1 heterocycles. The number of imide groups is 1. The van der Waals surface area contributed by atoms with Gasteiger partial charge in [-0.2, -0.15) is 0 Å². The number of fused-ring (bicyclic) bond motifs is 5. The van der Waals surface area contributed by atoms with Crippen molar-refractivity contribution in [2.75, 3.05) is 14.2 Å². The predicted octanol–water partition coefficient (Wildman–Crippen LogP) is 5.12. The predicted molar refractivity (Wildman–Crippen MR) is 137 cm³/mol. The first-order chi connectivity index (χ1) is 17.6. The lowest BCUT2D eigenvalue weighted by molar-refractivity contribution is -0.141. The molecule has 0 unspecified atom stereocenters. The molecule has 0 spiro atoms. The maximum Gasteiger partial charge on any atom is 0.234 e. The van der Waals surface area contributed by atoms with E-state index in [1.54, 1.807) is 14.2 Å². The number of methoxy groups -OCH3 is 2. The zero-order valence-electron chi connectivity index (χ0n) is 20.3. The van der Waals surface area contributed by atoms with E-state index in [-0.39, 0.29) is 35.5 Å². The Labute approximate surface area is 210 Å². The van der Waals surface area contributed by atoms with Crippen LogP contribution < -0.4 is 9.47 Å². The van der Waals surface area contributed by atoms with Crippen molar-refractivity contribution < 1.29 is 19.1 Å². The van der Waals surface area contributed by atoms with Crippen LogP contribution in [0.1, 0.15) is 16.7 Å². The smallest absolute Gasteiger partial charge is 0.234 e. The molecule has 0 N–H and O–H groups in total. The topological polar surface area (TPSA) is 55.8 Å². The zero-order chi connectivity index (χ0) is 24.8. The third-order valence-corrected chi connectivity index (χ3v) is 7.74. The summed E-state index contributed by atoms with van der Waals surface area (Å²) in [6.07, 6.45) is 4.26. The van der Waals surface area contributed by atoms with Crippen molar-refractivity contribution in [2.24, 2.45) is 23.7 Å². The molecule has 180 valence electrons. The largest absolute Gasteiger partial charge is 0.497 e. The van der Waals surface area contributed by atoms with Gasteiger partial charge >= 0.3 is 0 Å². The molecule has 2 amide bonds. The van der Waals surface area contributed by atoms with E-state index >= 15 is 0 Å². The van der Waals surface area contributed by atoms with E-state index in [1.807, 2.05) is 78.9 Å². The van der Waals surface area contributed by atoms with Crippen molar-refractivity contribution in [3.8, 4) is 11.5 Å². The maximum absolute atomic E-state index is 13.6. The molecule has 6 rings (SSSR count). The van der Waals surface area contributed by atoms with Crippen molar-refractivity contribution in [1.82, 2.24) is 4.90 Å². The second-order valence-electron chi connectivity index (χ2n) is 9.52. The van der Waals surface area contributed by atoms with Crippen LogP contribution in [0.2, 0.25) is 0 Å². The molecule has 4 atom stereocenters. The average Bonchev–Trinajstić information content (AvgIpc) is 3.56. The summed E-state index contributed by atoms with van der Waals surface area (Å²) in [5.41, 5.74) is 5.27. The van der Waals surface area contributed by atoms with E-state index in [0.29, 0.717) is 6.54 Å². The highest BCUT2D eigenvalue weighted by molar-refractivity contribution is 6.08. The highest BCUT2D eigenvalue weighted by atomic mass is 16.5. The third kappa shape index (κ3) is 3.46. The normalized spacial score (nSPS) is 23.8. The fourth-order valence-corrected chi connectivity index (χ4v) is 6.10. The summed E-state index contributed by atoms with van der Waals surface area (Å²) in [7, 11) is 3.30. The highest BCUT2D eigenvalue weighted by Crippen LogP contribution is 2.58. The molecule has 3 aromatic rings. The number of allylic oxidation sites excluding steroid dienone is 3. The maximum atomic E-state index is 13.6. The van der Waals surface area contributed by atoms with Crippen LogP contribution in [0.5, 0.6) is 11.5 Å². The SMILES string of the molecule is COc1ccc(C(=C2[C@H]3C=C[C@@H]2[C@H]2C(=O)N(Cc4ccccc4)C(=O)[C@@H]23)c2ccc(OC)cc2)cc1. The molecule has 1 saturated heterocycles. The van der Waals surface area contributed by atoms with Gasteiger partial charge in [-0.25, -0.2) is 0 Å². The van der Waals surface area contributed by atoms with Crippen LogP contribution >= 0.6 is 0 Å². The number of hydrogen-bond acceptors (Lipinski definition) is 4. The van der Waals surface area contributed by atoms with Crippen LogP contribution in [-0.4, -0.2) is 30.9 Å². The molecule has 0 aromatic heterocycles. The van der Waals surface area contributed by atoms with Crippen LogP contribution in [0.25, 0.3) is 5.57 Å². The number of rotatable bonds is 6. The third-order valence-electron chi connectivity index (χ3n) is 7.74. The molecular weight excluding hydrogens is 450 g/mol. The van der Waals surface area contributed by atoms with E-state index < -0.39 is 0 Å². The first kappa shape index (κ1) is 22.4. The minimum atomic E-state index is -0.349. The second-order valence-corrected chi connectivity index (χ2v) is 9.52. The minimum Gasteiger partial charge on any atom is -0.497 e. The van der Waals surface area contributed by atoms with E-state index in [2.05, 4.69) is 12.2 Å². The minimum absolute atomic E-state index is 0.0629. The summed E-state index contributed by atoms with van der Waals surface area (Å²) >= 11 is 0. The summed E-state index contributed by atoms with van der Waals surface area (Å²) in [5.74, 6) is 0.538. The van der Waals surface area contributed by atoms with Gasteiger partial charge in [0.25, 0.3) is 0 Å². The van der Waals surface area contributed by atoms with Gasteiger partial charge in [-0.1, -0.05) is 66.7 Å². The van der Waals surface area contributed by atoms with Gasteiger partial charge in [-0.15, -0.1) is 0 Å². The first-order valence-electron chi connectivity index (χ1n) is 12.2. The summed E-state index contributed by atoms with van der Waals surface area (Å²) in [4.78, 5) is 28.7. The molecule has 5 nitrogen and oxygen atoms in total. The van der Waals surface area contributed by atoms with Gasteiger partial charge < -0.3 is 9.47 Å². The number of likely N-dealkylation sites (tertiary alicyclic amines) is 1. The number of benzene rings is 3. The Kier molecular flexibility index (Phi) is 5.48. The van der Waals surface area contributed by atoms with Crippen LogP contribution in [0.3, 0.4) is 0 Å². The average molecular weight is 478 g/mol. The molecule has 2 bridgehead atoms. The van der Waals surface area contributed by atoms with Crippen molar-refractivity contribution in [1.29, 1.82) is 0 Å². The number of hydrogen-bond donors (Lipinski definition) is 0. The number of ether oxygens (including phenoxy) is 2. The van der Waals surface area contributed by atoms with Gasteiger partial charge in [-0.3, -0.25) is 14.5 Å². The molecule has 3 aliphatic rings. The lowest BCUT2D eigenvalue weighted by atomic mass is 9.85.